The molecule has 0 saturated carbocycles. The smallest absolute Gasteiger partial charge is 0.236 e. The summed E-state index contributed by atoms with van der Waals surface area (Å²) in [6.07, 6.45) is 0.609. The van der Waals surface area contributed by atoms with Crippen LogP contribution in [0.3, 0.4) is 0 Å². The topological polar surface area (TPSA) is 79.8 Å². The molecule has 1 amide bonds. The minimum Gasteiger partial charge on any atom is -0.386 e. The van der Waals surface area contributed by atoms with E-state index in [-0.39, 0.29) is 11.9 Å². The van der Waals surface area contributed by atoms with E-state index in [9.17, 15) is 9.90 Å². The van der Waals surface area contributed by atoms with Gasteiger partial charge in [-0.1, -0.05) is 0 Å². The van der Waals surface area contributed by atoms with E-state index in [1.807, 2.05) is 0 Å². The van der Waals surface area contributed by atoms with Crippen LogP contribution >= 0.6 is 0 Å². The molecule has 1 aliphatic heterocycles. The second-order valence-electron chi connectivity index (χ2n) is 4.41. The molecule has 1 heterocycles. The van der Waals surface area contributed by atoms with E-state index >= 15 is 0 Å². The molecule has 0 radical (unpaired) electrons. The summed E-state index contributed by atoms with van der Waals surface area (Å²) < 4.78 is 9.96. The summed E-state index contributed by atoms with van der Waals surface area (Å²) in [6.45, 7) is 4.03. The van der Waals surface area contributed by atoms with Crippen molar-refractivity contribution in [3.63, 3.8) is 0 Å². The number of ether oxygens (including phenoxy) is 2. The molecule has 100 valence electrons. The van der Waals surface area contributed by atoms with Crippen LogP contribution < -0.4 is 10.6 Å². The molecule has 0 aromatic carbocycles. The van der Waals surface area contributed by atoms with Gasteiger partial charge in [0.1, 0.15) is 5.60 Å². The highest BCUT2D eigenvalue weighted by Gasteiger charge is 2.32. The Bertz CT molecular complexity index is 242. The molecule has 3 N–H and O–H groups in total. The maximum atomic E-state index is 11.6. The van der Waals surface area contributed by atoms with E-state index in [0.717, 1.165) is 0 Å². The minimum absolute atomic E-state index is 0.0930. The highest BCUT2D eigenvalue weighted by molar-refractivity contribution is 5.81. The lowest BCUT2D eigenvalue weighted by Crippen LogP contribution is -2.49. The van der Waals surface area contributed by atoms with Crippen molar-refractivity contribution in [3.05, 3.63) is 0 Å². The molecule has 2 atom stereocenters. The zero-order chi connectivity index (χ0) is 12.7. The molecular weight excluding hydrogens is 224 g/mol. The van der Waals surface area contributed by atoms with Gasteiger partial charge in [0, 0.05) is 33.2 Å². The summed E-state index contributed by atoms with van der Waals surface area (Å²) >= 11 is 0. The predicted octanol–water partition coefficient (Wildman–Crippen LogP) is -1.12. The zero-order valence-electron chi connectivity index (χ0n) is 10.5. The molecule has 0 aromatic heterocycles. The van der Waals surface area contributed by atoms with Crippen molar-refractivity contribution in [2.75, 3.05) is 40.0 Å². The highest BCUT2D eigenvalue weighted by Crippen LogP contribution is 2.16. The molecule has 0 spiro atoms. The maximum absolute atomic E-state index is 11.6. The Balaban J connectivity index is 2.19. The first-order valence-electron chi connectivity index (χ1n) is 5.87. The Labute approximate surface area is 102 Å². The summed E-state index contributed by atoms with van der Waals surface area (Å²) in [5.74, 6) is -0.0930. The fraction of sp³-hybridized carbons (Fsp3) is 0.909. The quantitative estimate of drug-likeness (QED) is 0.496. The average molecular weight is 246 g/mol. The molecule has 0 aliphatic carbocycles. The largest absolute Gasteiger partial charge is 0.386 e. The van der Waals surface area contributed by atoms with E-state index in [1.165, 1.54) is 0 Å². The minimum atomic E-state index is -0.832. The van der Waals surface area contributed by atoms with Crippen molar-refractivity contribution in [1.82, 2.24) is 10.6 Å². The second-order valence-corrected chi connectivity index (χ2v) is 4.41. The van der Waals surface area contributed by atoms with Crippen molar-refractivity contribution in [3.8, 4) is 0 Å². The van der Waals surface area contributed by atoms with Gasteiger partial charge in [0.25, 0.3) is 0 Å². The van der Waals surface area contributed by atoms with Crippen LogP contribution in [0, 0.1) is 0 Å². The van der Waals surface area contributed by atoms with Crippen LogP contribution in [0.5, 0.6) is 0 Å². The van der Waals surface area contributed by atoms with Crippen molar-refractivity contribution in [1.29, 1.82) is 0 Å². The fourth-order valence-corrected chi connectivity index (χ4v) is 1.60. The lowest BCUT2D eigenvalue weighted by Gasteiger charge is -2.23. The Morgan fingerprint density at radius 2 is 2.41 bits per heavy atom. The molecule has 2 unspecified atom stereocenters. The van der Waals surface area contributed by atoms with Gasteiger partial charge in [-0.3, -0.25) is 4.79 Å². The van der Waals surface area contributed by atoms with Crippen LogP contribution in [-0.2, 0) is 14.3 Å². The molecule has 1 rings (SSSR count). The van der Waals surface area contributed by atoms with Gasteiger partial charge in [-0.05, 0) is 6.92 Å². The molecule has 17 heavy (non-hydrogen) atoms. The van der Waals surface area contributed by atoms with Crippen LogP contribution in [0.25, 0.3) is 0 Å². The third-order valence-corrected chi connectivity index (χ3v) is 2.82. The monoisotopic (exact) mass is 246 g/mol. The van der Waals surface area contributed by atoms with Crippen LogP contribution in [-0.4, -0.2) is 62.7 Å². The third-order valence-electron chi connectivity index (χ3n) is 2.82. The van der Waals surface area contributed by atoms with E-state index in [1.54, 1.807) is 14.0 Å². The van der Waals surface area contributed by atoms with Gasteiger partial charge in [-0.2, -0.15) is 0 Å². The highest BCUT2D eigenvalue weighted by atomic mass is 16.5. The van der Waals surface area contributed by atoms with Crippen molar-refractivity contribution in [2.45, 2.75) is 25.0 Å². The van der Waals surface area contributed by atoms with Crippen LogP contribution in [0.1, 0.15) is 13.3 Å². The summed E-state index contributed by atoms with van der Waals surface area (Å²) in [6, 6.07) is -0.337. The molecule has 1 saturated heterocycles. The Morgan fingerprint density at radius 3 is 3.00 bits per heavy atom. The standard InChI is InChI=1S/C11H22N2O4/c1-9(10(14)12-4-6-16-2)13-7-11(15)3-5-17-8-11/h9,13,15H,3-8H2,1-2H3,(H,12,14). The molecule has 0 aromatic rings. The van der Waals surface area contributed by atoms with E-state index in [0.29, 0.717) is 39.3 Å². The van der Waals surface area contributed by atoms with E-state index < -0.39 is 5.60 Å². The second kappa shape index (κ2) is 6.90. The SMILES string of the molecule is COCCNC(=O)C(C)NCC1(O)CCOC1. The summed E-state index contributed by atoms with van der Waals surface area (Å²) in [5.41, 5.74) is -0.832. The number of nitrogens with one attached hydrogen (secondary N) is 2. The predicted molar refractivity (Wildman–Crippen MR) is 62.7 cm³/mol. The first-order valence-corrected chi connectivity index (χ1v) is 5.87. The van der Waals surface area contributed by atoms with Crippen LogP contribution in [0.4, 0.5) is 0 Å². The summed E-state index contributed by atoms with van der Waals surface area (Å²) in [7, 11) is 1.59. The van der Waals surface area contributed by atoms with Gasteiger partial charge in [-0.15, -0.1) is 0 Å². The molecule has 6 nitrogen and oxygen atoms in total. The van der Waals surface area contributed by atoms with Gasteiger partial charge in [0.2, 0.25) is 5.91 Å². The average Bonchev–Trinajstić information content (AvgIpc) is 2.74. The number of carbonyl (C=O) groups is 1. The molecular formula is C11H22N2O4. The van der Waals surface area contributed by atoms with E-state index in [4.69, 9.17) is 9.47 Å². The summed E-state index contributed by atoms with van der Waals surface area (Å²) in [4.78, 5) is 11.6. The number of aliphatic hydroxyl groups is 1. The third kappa shape index (κ3) is 4.99. The fourth-order valence-electron chi connectivity index (χ4n) is 1.60. The Kier molecular flexibility index (Phi) is 5.84. The lowest BCUT2D eigenvalue weighted by molar-refractivity contribution is -0.123. The van der Waals surface area contributed by atoms with Gasteiger partial charge in [0.15, 0.2) is 0 Å². The van der Waals surface area contributed by atoms with Crippen LogP contribution in [0.15, 0.2) is 0 Å². The number of rotatable bonds is 7. The van der Waals surface area contributed by atoms with Crippen molar-refractivity contribution >= 4 is 5.91 Å². The molecule has 1 aliphatic rings. The normalized spacial score (nSPS) is 25.8. The number of amides is 1. The Morgan fingerprint density at radius 1 is 1.65 bits per heavy atom. The lowest BCUT2D eigenvalue weighted by atomic mass is 10.0. The van der Waals surface area contributed by atoms with Gasteiger partial charge in [0.05, 0.1) is 19.3 Å². The number of carbonyl (C=O) groups excluding carboxylic acids is 1. The van der Waals surface area contributed by atoms with Crippen LogP contribution in [0.2, 0.25) is 0 Å². The number of methoxy groups -OCH3 is 1. The number of hydrogen-bond acceptors (Lipinski definition) is 5. The van der Waals surface area contributed by atoms with Crippen molar-refractivity contribution in [2.24, 2.45) is 0 Å². The number of hydrogen-bond donors (Lipinski definition) is 3. The van der Waals surface area contributed by atoms with Gasteiger partial charge in [-0.25, -0.2) is 0 Å². The van der Waals surface area contributed by atoms with Gasteiger partial charge >= 0.3 is 0 Å². The maximum Gasteiger partial charge on any atom is 0.236 e. The zero-order valence-corrected chi connectivity index (χ0v) is 10.5. The Hall–Kier alpha value is -0.690. The van der Waals surface area contributed by atoms with Gasteiger partial charge < -0.3 is 25.2 Å². The van der Waals surface area contributed by atoms with E-state index in [2.05, 4.69) is 10.6 Å². The molecule has 6 heteroatoms. The summed E-state index contributed by atoms with van der Waals surface area (Å²) in [5, 5.41) is 15.7. The van der Waals surface area contributed by atoms with Crippen molar-refractivity contribution < 1.29 is 19.4 Å². The molecule has 0 bridgehead atoms. The first kappa shape index (κ1) is 14.4. The molecule has 1 fully saturated rings. The first-order chi connectivity index (χ1) is 8.07.